The Hall–Kier alpha value is -0.380. The number of nitrogens with zero attached hydrogens (tertiary/aromatic N) is 1. The number of likely N-dealkylation sites (tertiary alicyclic amines) is 1. The first-order valence-electron chi connectivity index (χ1n) is 7.71. The van der Waals surface area contributed by atoms with Crippen LogP contribution in [0.1, 0.15) is 55.3 Å². The average Bonchev–Trinajstić information content (AvgIpc) is 2.86. The first-order chi connectivity index (χ1) is 9.15. The van der Waals surface area contributed by atoms with E-state index in [4.69, 9.17) is 5.73 Å². The third-order valence-corrected chi connectivity index (χ3v) is 5.62. The van der Waals surface area contributed by atoms with Gasteiger partial charge in [0.1, 0.15) is 0 Å². The summed E-state index contributed by atoms with van der Waals surface area (Å²) in [6.45, 7) is 9.14. The molecule has 0 saturated carbocycles. The minimum absolute atomic E-state index is 0.260. The molecule has 1 aliphatic heterocycles. The second-order valence-corrected chi connectivity index (χ2v) is 7.17. The summed E-state index contributed by atoms with van der Waals surface area (Å²) < 4.78 is 0. The summed E-state index contributed by atoms with van der Waals surface area (Å²) in [5.41, 5.74) is 6.42. The van der Waals surface area contributed by atoms with Gasteiger partial charge in [0.05, 0.1) is 6.04 Å². The van der Waals surface area contributed by atoms with E-state index >= 15 is 0 Å². The predicted molar refractivity (Wildman–Crippen MR) is 84.7 cm³/mol. The van der Waals surface area contributed by atoms with E-state index in [2.05, 4.69) is 37.8 Å². The van der Waals surface area contributed by atoms with Crippen molar-refractivity contribution >= 4 is 11.3 Å². The lowest BCUT2D eigenvalue weighted by Crippen LogP contribution is -2.44. The number of hydrogen-bond acceptors (Lipinski definition) is 3. The maximum absolute atomic E-state index is 6.42. The van der Waals surface area contributed by atoms with Crippen molar-refractivity contribution in [2.45, 2.75) is 58.5 Å². The van der Waals surface area contributed by atoms with Gasteiger partial charge in [-0.25, -0.2) is 0 Å². The van der Waals surface area contributed by atoms with Crippen LogP contribution >= 0.6 is 11.3 Å². The zero-order valence-corrected chi connectivity index (χ0v) is 13.4. The van der Waals surface area contributed by atoms with E-state index in [1.54, 1.807) is 0 Å². The van der Waals surface area contributed by atoms with Crippen molar-refractivity contribution in [2.75, 3.05) is 13.1 Å². The molecular weight excluding hydrogens is 252 g/mol. The van der Waals surface area contributed by atoms with Crippen LogP contribution in [0.4, 0.5) is 0 Å². The molecule has 1 saturated heterocycles. The lowest BCUT2D eigenvalue weighted by Gasteiger charge is -2.39. The molecular formula is C16H28N2S. The van der Waals surface area contributed by atoms with Crippen molar-refractivity contribution in [1.82, 2.24) is 4.90 Å². The standard InChI is InChI=1S/C16H28N2S/c1-4-13-8-10-18(11-9-13)16(14(17)5-2)15-7-6-12(3)19-15/h6-7,13-14,16H,4-5,8-11,17H2,1-3H3. The summed E-state index contributed by atoms with van der Waals surface area (Å²) in [7, 11) is 0. The van der Waals surface area contributed by atoms with Crippen LogP contribution < -0.4 is 5.73 Å². The van der Waals surface area contributed by atoms with Crippen LogP contribution in [-0.4, -0.2) is 24.0 Å². The Morgan fingerprint density at radius 3 is 2.47 bits per heavy atom. The average molecular weight is 280 g/mol. The van der Waals surface area contributed by atoms with Crippen LogP contribution in [0.3, 0.4) is 0 Å². The van der Waals surface area contributed by atoms with Gasteiger partial charge < -0.3 is 5.73 Å². The van der Waals surface area contributed by atoms with Crippen LogP contribution in [0.15, 0.2) is 12.1 Å². The summed E-state index contributed by atoms with van der Waals surface area (Å²) in [6, 6.07) is 5.21. The fourth-order valence-corrected chi connectivity index (χ4v) is 4.23. The van der Waals surface area contributed by atoms with Crippen molar-refractivity contribution in [3.63, 3.8) is 0 Å². The highest BCUT2D eigenvalue weighted by atomic mass is 32.1. The minimum Gasteiger partial charge on any atom is -0.326 e. The topological polar surface area (TPSA) is 29.3 Å². The lowest BCUT2D eigenvalue weighted by molar-refractivity contribution is 0.115. The van der Waals surface area contributed by atoms with Gasteiger partial charge in [0.15, 0.2) is 0 Å². The molecule has 1 aliphatic rings. The predicted octanol–water partition coefficient (Wildman–Crippen LogP) is 3.96. The largest absolute Gasteiger partial charge is 0.326 e. The Bertz CT molecular complexity index is 380. The molecule has 2 heterocycles. The van der Waals surface area contributed by atoms with Gasteiger partial charge >= 0.3 is 0 Å². The summed E-state index contributed by atoms with van der Waals surface area (Å²) in [6.07, 6.45) is 5.06. The summed E-state index contributed by atoms with van der Waals surface area (Å²) in [5.74, 6) is 0.930. The summed E-state index contributed by atoms with van der Waals surface area (Å²) in [5, 5.41) is 0. The number of thiophene rings is 1. The van der Waals surface area contributed by atoms with Crippen molar-refractivity contribution in [1.29, 1.82) is 0 Å². The third-order valence-electron chi connectivity index (χ3n) is 4.55. The Labute approximate surface area is 122 Å². The number of nitrogens with two attached hydrogens (primary N) is 1. The van der Waals surface area contributed by atoms with Crippen LogP contribution in [0.25, 0.3) is 0 Å². The van der Waals surface area contributed by atoms with Crippen LogP contribution in [-0.2, 0) is 0 Å². The number of aryl methyl sites for hydroxylation is 1. The van der Waals surface area contributed by atoms with Gasteiger partial charge in [-0.3, -0.25) is 4.90 Å². The van der Waals surface area contributed by atoms with E-state index in [0.29, 0.717) is 6.04 Å². The molecule has 2 rings (SSSR count). The quantitative estimate of drug-likeness (QED) is 0.884. The molecule has 2 nitrogen and oxygen atoms in total. The van der Waals surface area contributed by atoms with Crippen LogP contribution in [0.2, 0.25) is 0 Å². The Kier molecular flexibility index (Phi) is 5.43. The molecule has 108 valence electrons. The Morgan fingerprint density at radius 1 is 1.32 bits per heavy atom. The van der Waals surface area contributed by atoms with Gasteiger partial charge in [0.25, 0.3) is 0 Å². The van der Waals surface area contributed by atoms with Gasteiger partial charge in [0, 0.05) is 15.8 Å². The number of piperidine rings is 1. The van der Waals surface area contributed by atoms with Gasteiger partial charge in [-0.05, 0) is 57.3 Å². The zero-order chi connectivity index (χ0) is 13.8. The van der Waals surface area contributed by atoms with Crippen molar-refractivity contribution in [2.24, 2.45) is 11.7 Å². The molecule has 1 fully saturated rings. The monoisotopic (exact) mass is 280 g/mol. The molecule has 1 aromatic rings. The van der Waals surface area contributed by atoms with Gasteiger partial charge in [-0.2, -0.15) is 0 Å². The molecule has 0 spiro atoms. The molecule has 2 unspecified atom stereocenters. The van der Waals surface area contributed by atoms with Crippen molar-refractivity contribution in [3.8, 4) is 0 Å². The third kappa shape index (κ3) is 3.59. The number of rotatable bonds is 5. The molecule has 19 heavy (non-hydrogen) atoms. The molecule has 2 N–H and O–H groups in total. The molecule has 0 aromatic carbocycles. The molecule has 0 amide bonds. The molecule has 2 atom stereocenters. The van der Waals surface area contributed by atoms with E-state index in [9.17, 15) is 0 Å². The Morgan fingerprint density at radius 2 is 2.00 bits per heavy atom. The minimum atomic E-state index is 0.260. The zero-order valence-electron chi connectivity index (χ0n) is 12.6. The maximum atomic E-state index is 6.42. The molecule has 1 aromatic heterocycles. The van der Waals surface area contributed by atoms with Crippen molar-refractivity contribution in [3.05, 3.63) is 21.9 Å². The fourth-order valence-electron chi connectivity index (χ4n) is 3.14. The van der Waals surface area contributed by atoms with E-state index in [1.165, 1.54) is 42.1 Å². The van der Waals surface area contributed by atoms with E-state index in [1.807, 2.05) is 11.3 Å². The molecule has 0 bridgehead atoms. The number of hydrogen-bond donors (Lipinski definition) is 1. The van der Waals surface area contributed by atoms with E-state index in [-0.39, 0.29) is 6.04 Å². The fraction of sp³-hybridized carbons (Fsp3) is 0.750. The summed E-state index contributed by atoms with van der Waals surface area (Å²) in [4.78, 5) is 5.49. The van der Waals surface area contributed by atoms with E-state index < -0.39 is 0 Å². The molecule has 0 aliphatic carbocycles. The van der Waals surface area contributed by atoms with Crippen molar-refractivity contribution < 1.29 is 0 Å². The van der Waals surface area contributed by atoms with Crippen LogP contribution in [0, 0.1) is 12.8 Å². The molecule has 3 heteroatoms. The SMILES string of the molecule is CCC1CCN(C(c2ccc(C)s2)C(N)CC)CC1. The van der Waals surface area contributed by atoms with Gasteiger partial charge in [-0.15, -0.1) is 11.3 Å². The lowest BCUT2D eigenvalue weighted by atomic mass is 9.92. The first kappa shape index (κ1) is 15.0. The normalized spacial score (nSPS) is 21.5. The summed E-state index contributed by atoms with van der Waals surface area (Å²) >= 11 is 1.92. The molecule has 0 radical (unpaired) electrons. The first-order valence-corrected chi connectivity index (χ1v) is 8.53. The van der Waals surface area contributed by atoms with Gasteiger partial charge in [-0.1, -0.05) is 20.3 Å². The van der Waals surface area contributed by atoms with E-state index in [0.717, 1.165) is 12.3 Å². The Balaban J connectivity index is 2.10. The second-order valence-electron chi connectivity index (χ2n) is 5.85. The highest BCUT2D eigenvalue weighted by Gasteiger charge is 2.29. The van der Waals surface area contributed by atoms with Crippen LogP contribution in [0.5, 0.6) is 0 Å². The smallest absolute Gasteiger partial charge is 0.0593 e. The highest BCUT2D eigenvalue weighted by Crippen LogP contribution is 2.34. The van der Waals surface area contributed by atoms with Gasteiger partial charge in [0.2, 0.25) is 0 Å². The highest BCUT2D eigenvalue weighted by molar-refractivity contribution is 7.12. The second kappa shape index (κ2) is 6.87. The maximum Gasteiger partial charge on any atom is 0.0593 e.